The predicted octanol–water partition coefficient (Wildman–Crippen LogP) is 6.05. The average molecular weight is 456 g/mol. The van der Waals surface area contributed by atoms with Crippen LogP contribution in [-0.4, -0.2) is 12.0 Å². The summed E-state index contributed by atoms with van der Waals surface area (Å²) in [5.74, 6) is 0.0697. The van der Waals surface area contributed by atoms with Crippen molar-refractivity contribution in [3.05, 3.63) is 68.0 Å². The molecule has 1 aromatic heterocycles. The molecule has 0 spiro atoms. The van der Waals surface area contributed by atoms with Crippen molar-refractivity contribution in [1.29, 1.82) is 5.26 Å². The molecule has 0 fully saturated rings. The molecule has 2 heterocycles. The van der Waals surface area contributed by atoms with Gasteiger partial charge in [-0.3, -0.25) is 9.69 Å². The quantitative estimate of drug-likeness (QED) is 0.571. The van der Waals surface area contributed by atoms with Gasteiger partial charge in [-0.25, -0.2) is 0 Å². The average Bonchev–Trinajstić information content (AvgIpc) is 3.10. The number of nitrogens with two attached hydrogens (primary N) is 1. The van der Waals surface area contributed by atoms with Crippen molar-refractivity contribution in [2.75, 3.05) is 11.2 Å². The van der Waals surface area contributed by atoms with Crippen LogP contribution >= 0.6 is 34.7 Å². The maximum Gasteiger partial charge on any atom is 0.161 e. The summed E-state index contributed by atoms with van der Waals surface area (Å²) >= 11 is 9.72. The number of halogens is 1. The van der Waals surface area contributed by atoms with E-state index in [0.29, 0.717) is 28.4 Å². The van der Waals surface area contributed by atoms with E-state index in [1.165, 1.54) is 0 Å². The first-order valence-electron chi connectivity index (χ1n) is 9.74. The summed E-state index contributed by atoms with van der Waals surface area (Å²) in [7, 11) is 0. The topological polar surface area (TPSA) is 70.1 Å². The summed E-state index contributed by atoms with van der Waals surface area (Å²) in [6.07, 6.45) is 4.03. The molecule has 1 atom stereocenters. The molecule has 0 radical (unpaired) electrons. The van der Waals surface area contributed by atoms with Crippen LogP contribution in [0.15, 0.2) is 51.1 Å². The number of aryl methyl sites for hydroxylation is 1. The number of benzene rings is 1. The highest BCUT2D eigenvalue weighted by Crippen LogP contribution is 2.50. The van der Waals surface area contributed by atoms with E-state index in [1.807, 2.05) is 36.3 Å². The Hall–Kier alpha value is -2.20. The third kappa shape index (κ3) is 3.26. The first-order valence-corrected chi connectivity index (χ1v) is 12.2. The Morgan fingerprint density at radius 3 is 2.80 bits per heavy atom. The van der Waals surface area contributed by atoms with Gasteiger partial charge in [-0.15, -0.1) is 23.1 Å². The minimum atomic E-state index is -0.416. The predicted molar refractivity (Wildman–Crippen MR) is 125 cm³/mol. The summed E-state index contributed by atoms with van der Waals surface area (Å²) in [4.78, 5) is 16.3. The molecule has 0 bridgehead atoms. The maximum absolute atomic E-state index is 13.2. The highest BCUT2D eigenvalue weighted by Gasteiger charge is 2.41. The fourth-order valence-corrected chi connectivity index (χ4v) is 6.47. The van der Waals surface area contributed by atoms with Crippen molar-refractivity contribution in [3.8, 4) is 6.07 Å². The van der Waals surface area contributed by atoms with Crippen LogP contribution in [0.1, 0.15) is 41.2 Å². The van der Waals surface area contributed by atoms with Crippen LogP contribution < -0.4 is 10.6 Å². The summed E-state index contributed by atoms with van der Waals surface area (Å²) in [5, 5.41) is 10.8. The van der Waals surface area contributed by atoms with E-state index in [0.717, 1.165) is 44.4 Å². The molecule has 4 nitrogen and oxygen atoms in total. The second kappa shape index (κ2) is 8.14. The van der Waals surface area contributed by atoms with Gasteiger partial charge in [-0.2, -0.15) is 5.26 Å². The third-order valence-electron chi connectivity index (χ3n) is 5.74. The van der Waals surface area contributed by atoms with Gasteiger partial charge in [0.15, 0.2) is 5.78 Å². The van der Waals surface area contributed by atoms with E-state index in [2.05, 4.69) is 19.1 Å². The first kappa shape index (κ1) is 21.0. The number of carbonyl (C=O) groups is 1. The van der Waals surface area contributed by atoms with E-state index >= 15 is 0 Å². The number of carbonyl (C=O) groups excluding carboxylic acids is 1. The standard InChI is InChI=1S/C23H22ClN3OS2/c1-12-10-14(23(29-3)30-12)20-15(11-25)22(26)27(17-7-4-6-16(24)13(17)2)18-8-5-9-19(28)21(18)20/h4,6-7,10,20H,5,8-9,26H2,1-3H3/t20-/m1/s1. The number of thiophene rings is 1. The van der Waals surface area contributed by atoms with Crippen molar-refractivity contribution in [2.45, 2.75) is 43.2 Å². The van der Waals surface area contributed by atoms with Gasteiger partial charge in [-0.05, 0) is 62.3 Å². The van der Waals surface area contributed by atoms with E-state index in [1.54, 1.807) is 23.1 Å². The van der Waals surface area contributed by atoms with Crippen LogP contribution in [0, 0.1) is 25.2 Å². The smallest absolute Gasteiger partial charge is 0.161 e. The lowest BCUT2D eigenvalue weighted by molar-refractivity contribution is -0.116. The summed E-state index contributed by atoms with van der Waals surface area (Å²) in [6.45, 7) is 3.98. The Morgan fingerprint density at radius 2 is 2.10 bits per heavy atom. The number of nitrogens with zero attached hydrogens (tertiary/aromatic N) is 2. The van der Waals surface area contributed by atoms with Gasteiger partial charge in [0.2, 0.25) is 0 Å². The first-order chi connectivity index (χ1) is 14.4. The lowest BCUT2D eigenvalue weighted by Gasteiger charge is -2.40. The normalized spacial score (nSPS) is 19.2. The summed E-state index contributed by atoms with van der Waals surface area (Å²) < 4.78 is 1.12. The Morgan fingerprint density at radius 1 is 1.33 bits per heavy atom. The molecule has 0 saturated heterocycles. The highest BCUT2D eigenvalue weighted by atomic mass is 35.5. The van der Waals surface area contributed by atoms with Crippen LogP contribution in [0.2, 0.25) is 5.02 Å². The zero-order valence-corrected chi connectivity index (χ0v) is 19.5. The zero-order valence-electron chi connectivity index (χ0n) is 17.1. The zero-order chi connectivity index (χ0) is 21.6. The fourth-order valence-electron chi connectivity index (χ4n) is 4.38. The molecule has 1 aliphatic heterocycles. The minimum absolute atomic E-state index is 0.0992. The number of anilines is 1. The highest BCUT2D eigenvalue weighted by molar-refractivity contribution is 8.00. The monoisotopic (exact) mass is 455 g/mol. The molecule has 0 amide bonds. The summed E-state index contributed by atoms with van der Waals surface area (Å²) in [5.41, 5.74) is 11.4. The SMILES string of the molecule is CSc1sc(C)cc1[C@@H]1C(C#N)=C(N)N(c2cccc(Cl)c2C)C2=C1C(=O)CCC2. The van der Waals surface area contributed by atoms with Gasteiger partial charge in [0.1, 0.15) is 5.82 Å². The number of rotatable bonds is 3. The maximum atomic E-state index is 13.2. The molecule has 4 rings (SSSR count). The van der Waals surface area contributed by atoms with Gasteiger partial charge in [0.25, 0.3) is 0 Å². The molecule has 1 aromatic carbocycles. The number of Topliss-reactive ketones (excluding diaryl/α,β-unsaturated/α-hetero) is 1. The van der Waals surface area contributed by atoms with Gasteiger partial charge in [0, 0.05) is 27.6 Å². The second-order valence-corrected chi connectivity index (χ2v) is 10.2. The number of hydrogen-bond donors (Lipinski definition) is 1. The van der Waals surface area contributed by atoms with Gasteiger partial charge in [0.05, 0.1) is 27.5 Å². The molecule has 2 aromatic rings. The Labute approximate surface area is 190 Å². The van der Waals surface area contributed by atoms with Gasteiger partial charge in [-0.1, -0.05) is 17.7 Å². The molecule has 0 unspecified atom stereocenters. The number of nitriles is 1. The molecule has 2 N–H and O–H groups in total. The van der Waals surface area contributed by atoms with E-state index in [-0.39, 0.29) is 5.78 Å². The van der Waals surface area contributed by atoms with Crippen molar-refractivity contribution >= 4 is 46.2 Å². The Kier molecular flexibility index (Phi) is 5.71. The van der Waals surface area contributed by atoms with Gasteiger partial charge >= 0.3 is 0 Å². The lowest BCUT2D eigenvalue weighted by Crippen LogP contribution is -2.39. The largest absolute Gasteiger partial charge is 0.384 e. The molecule has 154 valence electrons. The molecule has 2 aliphatic rings. The second-order valence-electron chi connectivity index (χ2n) is 7.50. The lowest BCUT2D eigenvalue weighted by atomic mass is 9.76. The molecular formula is C23H22ClN3OS2. The number of allylic oxidation sites excluding steroid dienone is 3. The number of thioether (sulfide) groups is 1. The van der Waals surface area contributed by atoms with Crippen molar-refractivity contribution < 1.29 is 4.79 Å². The van der Waals surface area contributed by atoms with Crippen LogP contribution in [0.3, 0.4) is 0 Å². The molecule has 0 saturated carbocycles. The summed E-state index contributed by atoms with van der Waals surface area (Å²) in [6, 6.07) is 10.1. The van der Waals surface area contributed by atoms with Gasteiger partial charge < -0.3 is 5.73 Å². The third-order valence-corrected chi connectivity index (χ3v) is 8.36. The molecule has 30 heavy (non-hydrogen) atoms. The molecule has 1 aliphatic carbocycles. The van der Waals surface area contributed by atoms with E-state index in [4.69, 9.17) is 17.3 Å². The van der Waals surface area contributed by atoms with E-state index in [9.17, 15) is 10.1 Å². The Balaban J connectivity index is 2.02. The van der Waals surface area contributed by atoms with Crippen molar-refractivity contribution in [2.24, 2.45) is 5.73 Å². The minimum Gasteiger partial charge on any atom is -0.384 e. The van der Waals surface area contributed by atoms with Crippen LogP contribution in [0.5, 0.6) is 0 Å². The van der Waals surface area contributed by atoms with Crippen molar-refractivity contribution in [1.82, 2.24) is 0 Å². The molecular weight excluding hydrogens is 434 g/mol. The van der Waals surface area contributed by atoms with Crippen LogP contribution in [-0.2, 0) is 4.79 Å². The van der Waals surface area contributed by atoms with E-state index < -0.39 is 5.92 Å². The number of ketones is 1. The fraction of sp³-hybridized carbons (Fsp3) is 0.304. The number of hydrogen-bond acceptors (Lipinski definition) is 6. The Bertz CT molecular complexity index is 1160. The van der Waals surface area contributed by atoms with Crippen LogP contribution in [0.25, 0.3) is 0 Å². The van der Waals surface area contributed by atoms with Crippen LogP contribution in [0.4, 0.5) is 5.69 Å². The molecule has 7 heteroatoms. The van der Waals surface area contributed by atoms with Crippen molar-refractivity contribution in [3.63, 3.8) is 0 Å².